The Hall–Kier alpha value is -1.55. The highest BCUT2D eigenvalue weighted by Crippen LogP contribution is 2.17. The van der Waals surface area contributed by atoms with Crippen LogP contribution in [-0.4, -0.2) is 30.9 Å². The summed E-state index contributed by atoms with van der Waals surface area (Å²) in [6.07, 6.45) is 2.88. The van der Waals surface area contributed by atoms with Gasteiger partial charge in [-0.1, -0.05) is 13.3 Å². The fourth-order valence-electron chi connectivity index (χ4n) is 1.87. The first kappa shape index (κ1) is 15.5. The van der Waals surface area contributed by atoms with Crippen LogP contribution in [0.1, 0.15) is 31.7 Å². The highest BCUT2D eigenvalue weighted by molar-refractivity contribution is 5.91. The fourth-order valence-corrected chi connectivity index (χ4v) is 1.87. The highest BCUT2D eigenvalue weighted by Gasteiger charge is 2.06. The van der Waals surface area contributed by atoms with Gasteiger partial charge >= 0.3 is 0 Å². The van der Waals surface area contributed by atoms with Crippen LogP contribution in [0.4, 0.5) is 11.4 Å². The Balaban J connectivity index is 2.38. The van der Waals surface area contributed by atoms with Crippen molar-refractivity contribution in [2.24, 2.45) is 0 Å². The summed E-state index contributed by atoms with van der Waals surface area (Å²) in [5.74, 6) is 0.0521. The maximum absolute atomic E-state index is 11.9. The van der Waals surface area contributed by atoms with E-state index in [4.69, 9.17) is 5.73 Å². The van der Waals surface area contributed by atoms with Crippen LogP contribution in [0.25, 0.3) is 0 Å². The van der Waals surface area contributed by atoms with E-state index in [9.17, 15) is 4.79 Å². The zero-order chi connectivity index (χ0) is 14.3. The lowest BCUT2D eigenvalue weighted by Gasteiger charge is -2.16. The van der Waals surface area contributed by atoms with E-state index < -0.39 is 0 Å². The number of unbranched alkanes of at least 4 members (excludes halogenated alkanes) is 1. The topological polar surface area (TPSA) is 58.4 Å². The van der Waals surface area contributed by atoms with Gasteiger partial charge in [0.2, 0.25) is 5.91 Å². The van der Waals surface area contributed by atoms with Crippen LogP contribution in [0, 0.1) is 6.92 Å². The highest BCUT2D eigenvalue weighted by atomic mass is 16.1. The van der Waals surface area contributed by atoms with Gasteiger partial charge in [-0.3, -0.25) is 4.79 Å². The van der Waals surface area contributed by atoms with Gasteiger partial charge in [-0.2, -0.15) is 0 Å². The molecular formula is C15H25N3O. The Morgan fingerprint density at radius 3 is 2.74 bits per heavy atom. The molecule has 106 valence electrons. The Kier molecular flexibility index (Phi) is 6.36. The van der Waals surface area contributed by atoms with Crippen LogP contribution < -0.4 is 11.1 Å². The van der Waals surface area contributed by atoms with Gasteiger partial charge in [-0.25, -0.2) is 0 Å². The number of hydrogen-bond acceptors (Lipinski definition) is 3. The van der Waals surface area contributed by atoms with Crippen molar-refractivity contribution in [3.63, 3.8) is 0 Å². The second-order valence-corrected chi connectivity index (χ2v) is 5.03. The molecule has 4 heteroatoms. The summed E-state index contributed by atoms with van der Waals surface area (Å²) in [5.41, 5.74) is 8.24. The monoisotopic (exact) mass is 263 g/mol. The molecule has 0 aliphatic heterocycles. The Bertz CT molecular complexity index is 418. The van der Waals surface area contributed by atoms with E-state index >= 15 is 0 Å². The van der Waals surface area contributed by atoms with Gasteiger partial charge in [0.25, 0.3) is 0 Å². The second-order valence-electron chi connectivity index (χ2n) is 5.03. The number of anilines is 2. The molecule has 0 fully saturated rings. The largest absolute Gasteiger partial charge is 0.399 e. The van der Waals surface area contributed by atoms with Crippen LogP contribution in [-0.2, 0) is 4.79 Å². The summed E-state index contributed by atoms with van der Waals surface area (Å²) >= 11 is 0. The Morgan fingerprint density at radius 2 is 2.11 bits per heavy atom. The minimum atomic E-state index is 0.0521. The minimum absolute atomic E-state index is 0.0521. The number of rotatable bonds is 7. The summed E-state index contributed by atoms with van der Waals surface area (Å²) in [6, 6.07) is 5.52. The van der Waals surface area contributed by atoms with E-state index in [1.54, 1.807) is 6.07 Å². The smallest absolute Gasteiger partial charge is 0.225 e. The molecule has 19 heavy (non-hydrogen) atoms. The van der Waals surface area contributed by atoms with Gasteiger partial charge in [0.05, 0.1) is 0 Å². The number of aryl methyl sites for hydroxylation is 1. The zero-order valence-corrected chi connectivity index (χ0v) is 12.2. The molecule has 4 nitrogen and oxygen atoms in total. The maximum Gasteiger partial charge on any atom is 0.225 e. The SMILES string of the molecule is CCCCN(C)CCC(=O)Nc1ccc(N)cc1C. The molecule has 3 N–H and O–H groups in total. The lowest BCUT2D eigenvalue weighted by Crippen LogP contribution is -2.25. The summed E-state index contributed by atoms with van der Waals surface area (Å²) in [4.78, 5) is 14.1. The summed E-state index contributed by atoms with van der Waals surface area (Å²) < 4.78 is 0. The van der Waals surface area contributed by atoms with E-state index in [0.29, 0.717) is 6.42 Å². The van der Waals surface area contributed by atoms with E-state index in [1.807, 2.05) is 19.1 Å². The first-order valence-electron chi connectivity index (χ1n) is 6.87. The van der Waals surface area contributed by atoms with Gasteiger partial charge in [0.1, 0.15) is 0 Å². The molecular weight excluding hydrogens is 238 g/mol. The number of carbonyl (C=O) groups is 1. The van der Waals surface area contributed by atoms with Gasteiger partial charge < -0.3 is 16.0 Å². The molecule has 0 bridgehead atoms. The third-order valence-corrected chi connectivity index (χ3v) is 3.14. The molecule has 0 saturated heterocycles. The summed E-state index contributed by atoms with van der Waals surface area (Å²) in [6.45, 7) is 5.95. The summed E-state index contributed by atoms with van der Waals surface area (Å²) in [5, 5.41) is 2.93. The van der Waals surface area contributed by atoms with Crippen molar-refractivity contribution in [1.29, 1.82) is 0 Å². The number of nitrogens with one attached hydrogen (secondary N) is 1. The third kappa shape index (κ3) is 5.75. The molecule has 1 rings (SSSR count). The molecule has 0 atom stereocenters. The van der Waals surface area contributed by atoms with Crippen LogP contribution in [0.2, 0.25) is 0 Å². The van der Waals surface area contributed by atoms with Crippen molar-refractivity contribution in [2.45, 2.75) is 33.1 Å². The minimum Gasteiger partial charge on any atom is -0.399 e. The van der Waals surface area contributed by atoms with Gasteiger partial charge in [0, 0.05) is 24.3 Å². The molecule has 0 aliphatic rings. The van der Waals surface area contributed by atoms with Crippen molar-refractivity contribution >= 4 is 17.3 Å². The maximum atomic E-state index is 11.9. The second kappa shape index (κ2) is 7.79. The van der Waals surface area contributed by atoms with Crippen molar-refractivity contribution in [2.75, 3.05) is 31.2 Å². The lowest BCUT2D eigenvalue weighted by atomic mass is 10.2. The Morgan fingerprint density at radius 1 is 1.37 bits per heavy atom. The van der Waals surface area contributed by atoms with Crippen LogP contribution in [0.3, 0.4) is 0 Å². The van der Waals surface area contributed by atoms with Gasteiger partial charge in [-0.15, -0.1) is 0 Å². The first-order valence-corrected chi connectivity index (χ1v) is 6.87. The molecule has 1 aromatic rings. The predicted octanol–water partition coefficient (Wildman–Crippen LogP) is 2.64. The van der Waals surface area contributed by atoms with Crippen molar-refractivity contribution in [3.8, 4) is 0 Å². The molecule has 0 unspecified atom stereocenters. The number of benzene rings is 1. The molecule has 0 aliphatic carbocycles. The number of hydrogen-bond donors (Lipinski definition) is 2. The normalized spacial score (nSPS) is 10.7. The molecule has 1 amide bonds. The molecule has 1 aromatic carbocycles. The van der Waals surface area contributed by atoms with E-state index in [0.717, 1.165) is 30.0 Å². The number of nitrogens with zero attached hydrogens (tertiary/aromatic N) is 1. The number of carbonyl (C=O) groups excluding carboxylic acids is 1. The van der Waals surface area contributed by atoms with Crippen LogP contribution in [0.5, 0.6) is 0 Å². The van der Waals surface area contributed by atoms with E-state index in [2.05, 4.69) is 24.2 Å². The quantitative estimate of drug-likeness (QED) is 0.743. The third-order valence-electron chi connectivity index (χ3n) is 3.14. The summed E-state index contributed by atoms with van der Waals surface area (Å²) in [7, 11) is 2.05. The predicted molar refractivity (Wildman–Crippen MR) is 81.2 cm³/mol. The molecule has 0 spiro atoms. The van der Waals surface area contributed by atoms with Crippen molar-refractivity contribution in [3.05, 3.63) is 23.8 Å². The molecule has 0 saturated carbocycles. The molecule has 0 radical (unpaired) electrons. The standard InChI is InChI=1S/C15H25N3O/c1-4-5-9-18(3)10-8-15(19)17-14-7-6-13(16)11-12(14)2/h6-7,11H,4-5,8-10,16H2,1-3H3,(H,17,19). The average molecular weight is 263 g/mol. The van der Waals surface area contributed by atoms with Crippen LogP contribution >= 0.6 is 0 Å². The number of nitrogens with two attached hydrogens (primary N) is 1. The average Bonchev–Trinajstić information content (AvgIpc) is 2.37. The van der Waals surface area contributed by atoms with Crippen molar-refractivity contribution in [1.82, 2.24) is 4.90 Å². The molecule has 0 heterocycles. The number of amides is 1. The van der Waals surface area contributed by atoms with E-state index in [1.165, 1.54) is 12.8 Å². The van der Waals surface area contributed by atoms with Crippen molar-refractivity contribution < 1.29 is 4.79 Å². The molecule has 0 aromatic heterocycles. The first-order chi connectivity index (χ1) is 9.02. The van der Waals surface area contributed by atoms with Gasteiger partial charge in [-0.05, 0) is 50.7 Å². The van der Waals surface area contributed by atoms with Crippen LogP contribution in [0.15, 0.2) is 18.2 Å². The van der Waals surface area contributed by atoms with Gasteiger partial charge in [0.15, 0.2) is 0 Å². The van der Waals surface area contributed by atoms with E-state index in [-0.39, 0.29) is 5.91 Å². The number of nitrogen functional groups attached to an aromatic ring is 1. The Labute approximate surface area is 116 Å². The zero-order valence-electron chi connectivity index (χ0n) is 12.2. The fraction of sp³-hybridized carbons (Fsp3) is 0.533. The lowest BCUT2D eigenvalue weighted by molar-refractivity contribution is -0.116.